The van der Waals surface area contributed by atoms with Gasteiger partial charge in [0.25, 0.3) is 0 Å². The van der Waals surface area contributed by atoms with E-state index in [0.717, 1.165) is 19.3 Å². The summed E-state index contributed by atoms with van der Waals surface area (Å²) in [5.74, 6) is 1.25. The lowest BCUT2D eigenvalue weighted by Crippen LogP contribution is -2.39. The van der Waals surface area contributed by atoms with Crippen LogP contribution in [0.1, 0.15) is 46.5 Å². The van der Waals surface area contributed by atoms with E-state index in [9.17, 15) is 9.90 Å². The minimum Gasteiger partial charge on any atom is -0.390 e. The molecular formula is C14H22O2. The Balaban J connectivity index is 2.16. The highest BCUT2D eigenvalue weighted by atomic mass is 16.3. The summed E-state index contributed by atoms with van der Waals surface area (Å²) in [6.07, 6.45) is 5.86. The minimum absolute atomic E-state index is 0.158. The quantitative estimate of drug-likeness (QED) is 0.693. The number of carbonyl (C=O) groups excluding carboxylic acids is 1. The van der Waals surface area contributed by atoms with Crippen molar-refractivity contribution in [2.24, 2.45) is 17.8 Å². The summed E-state index contributed by atoms with van der Waals surface area (Å²) in [5.41, 5.74) is 0.860. The molecule has 0 aliphatic heterocycles. The predicted molar refractivity (Wildman–Crippen MR) is 64.0 cm³/mol. The summed E-state index contributed by atoms with van der Waals surface area (Å²) in [5, 5.41) is 10.1. The maximum absolute atomic E-state index is 11.7. The van der Waals surface area contributed by atoms with Crippen molar-refractivity contribution < 1.29 is 9.90 Å². The molecule has 16 heavy (non-hydrogen) atoms. The Morgan fingerprint density at radius 1 is 1.44 bits per heavy atom. The van der Waals surface area contributed by atoms with Crippen LogP contribution in [0.2, 0.25) is 0 Å². The molecule has 3 unspecified atom stereocenters. The molecule has 2 nitrogen and oxygen atoms in total. The zero-order valence-electron chi connectivity index (χ0n) is 10.5. The van der Waals surface area contributed by atoms with E-state index in [1.54, 1.807) is 0 Å². The highest BCUT2D eigenvalue weighted by molar-refractivity contribution is 5.84. The van der Waals surface area contributed by atoms with E-state index in [4.69, 9.17) is 0 Å². The summed E-state index contributed by atoms with van der Waals surface area (Å²) in [7, 11) is 0. The van der Waals surface area contributed by atoms with Gasteiger partial charge in [-0.05, 0) is 44.9 Å². The van der Waals surface area contributed by atoms with E-state index in [-0.39, 0.29) is 5.92 Å². The molecule has 0 radical (unpaired) electrons. The summed E-state index contributed by atoms with van der Waals surface area (Å²) < 4.78 is 0. The van der Waals surface area contributed by atoms with Crippen molar-refractivity contribution in [2.45, 2.75) is 52.1 Å². The summed E-state index contributed by atoms with van der Waals surface area (Å²) >= 11 is 0. The number of ketones is 1. The van der Waals surface area contributed by atoms with E-state index in [0.29, 0.717) is 24.0 Å². The number of hydrogen-bond donors (Lipinski definition) is 1. The van der Waals surface area contributed by atoms with Crippen molar-refractivity contribution in [3.05, 3.63) is 11.6 Å². The summed E-state index contributed by atoms with van der Waals surface area (Å²) in [6.45, 7) is 5.83. The first kappa shape index (κ1) is 11.8. The van der Waals surface area contributed by atoms with Crippen LogP contribution in [0.5, 0.6) is 0 Å². The number of hydrogen-bond acceptors (Lipinski definition) is 2. The number of carbonyl (C=O) groups is 1. The maximum atomic E-state index is 11.7. The Morgan fingerprint density at radius 2 is 2.12 bits per heavy atom. The van der Waals surface area contributed by atoms with Gasteiger partial charge >= 0.3 is 0 Å². The van der Waals surface area contributed by atoms with Gasteiger partial charge < -0.3 is 5.11 Å². The van der Waals surface area contributed by atoms with Gasteiger partial charge in [0.15, 0.2) is 0 Å². The lowest BCUT2D eigenvalue weighted by molar-refractivity contribution is -0.124. The molecule has 2 heteroatoms. The van der Waals surface area contributed by atoms with Crippen LogP contribution in [0.25, 0.3) is 0 Å². The Bertz CT molecular complexity index is 322. The van der Waals surface area contributed by atoms with Crippen LogP contribution in [-0.4, -0.2) is 16.5 Å². The predicted octanol–water partition coefficient (Wildman–Crippen LogP) is 2.71. The molecule has 0 amide bonds. The molecule has 1 fully saturated rings. The van der Waals surface area contributed by atoms with Gasteiger partial charge in [0.2, 0.25) is 0 Å². The smallest absolute Gasteiger partial charge is 0.140 e. The molecule has 1 N–H and O–H groups in total. The molecule has 90 valence electrons. The fourth-order valence-electron chi connectivity index (χ4n) is 3.16. The first-order chi connectivity index (χ1) is 7.39. The van der Waals surface area contributed by atoms with Crippen LogP contribution < -0.4 is 0 Å². The Labute approximate surface area is 97.7 Å². The second-order valence-electron chi connectivity index (χ2n) is 5.97. The average molecular weight is 222 g/mol. The average Bonchev–Trinajstić information content (AvgIpc) is 2.22. The molecule has 0 aromatic heterocycles. The minimum atomic E-state index is -0.605. The molecule has 0 saturated heterocycles. The number of allylic oxidation sites excluding steroid dienone is 2. The molecule has 0 spiro atoms. The largest absolute Gasteiger partial charge is 0.390 e. The molecule has 0 bridgehead atoms. The molecule has 2 aliphatic rings. The second kappa shape index (κ2) is 3.99. The molecule has 3 atom stereocenters. The molecule has 2 rings (SSSR count). The molecule has 0 heterocycles. The van der Waals surface area contributed by atoms with Crippen LogP contribution in [0.3, 0.4) is 0 Å². The first-order valence-corrected chi connectivity index (χ1v) is 6.33. The summed E-state index contributed by atoms with van der Waals surface area (Å²) in [4.78, 5) is 11.7. The van der Waals surface area contributed by atoms with Crippen molar-refractivity contribution in [1.82, 2.24) is 0 Å². The molecule has 0 aromatic rings. The van der Waals surface area contributed by atoms with Gasteiger partial charge in [0, 0.05) is 12.3 Å². The Morgan fingerprint density at radius 3 is 2.75 bits per heavy atom. The highest BCUT2D eigenvalue weighted by Crippen LogP contribution is 2.44. The van der Waals surface area contributed by atoms with Gasteiger partial charge in [-0.25, -0.2) is 0 Å². The standard InChI is InChI=1S/C14H22O2/c1-9-12-8-11(14(2,3)16)6-4-10(12)5-7-13(9)15/h5,9,11-12,16H,4,6-8H2,1-3H3. The zero-order valence-corrected chi connectivity index (χ0v) is 10.5. The fourth-order valence-corrected chi connectivity index (χ4v) is 3.16. The van der Waals surface area contributed by atoms with Crippen molar-refractivity contribution in [1.29, 1.82) is 0 Å². The summed E-state index contributed by atoms with van der Waals surface area (Å²) in [6, 6.07) is 0. The normalized spacial score (nSPS) is 35.6. The first-order valence-electron chi connectivity index (χ1n) is 6.33. The van der Waals surface area contributed by atoms with E-state index in [1.165, 1.54) is 5.57 Å². The molecule has 0 aromatic carbocycles. The lowest BCUT2D eigenvalue weighted by atomic mass is 9.65. The SMILES string of the molecule is CC1C(=O)CC=C2CCC(C(C)(C)O)CC21. The van der Waals surface area contributed by atoms with E-state index in [1.807, 2.05) is 20.8 Å². The number of Topliss-reactive ketones (excluding diaryl/α,β-unsaturated/α-hetero) is 1. The van der Waals surface area contributed by atoms with Gasteiger partial charge in [0.05, 0.1) is 5.60 Å². The number of fused-ring (bicyclic) bond motifs is 1. The van der Waals surface area contributed by atoms with Gasteiger partial charge in [-0.3, -0.25) is 4.79 Å². The maximum Gasteiger partial charge on any atom is 0.140 e. The van der Waals surface area contributed by atoms with Crippen LogP contribution in [-0.2, 0) is 4.79 Å². The van der Waals surface area contributed by atoms with Gasteiger partial charge in [-0.1, -0.05) is 18.6 Å². The van der Waals surface area contributed by atoms with E-state index < -0.39 is 5.60 Å². The van der Waals surface area contributed by atoms with Gasteiger partial charge in [-0.2, -0.15) is 0 Å². The van der Waals surface area contributed by atoms with Crippen LogP contribution in [0.15, 0.2) is 11.6 Å². The van der Waals surface area contributed by atoms with E-state index >= 15 is 0 Å². The molecular weight excluding hydrogens is 200 g/mol. The van der Waals surface area contributed by atoms with Crippen LogP contribution in [0.4, 0.5) is 0 Å². The fraction of sp³-hybridized carbons (Fsp3) is 0.786. The third-order valence-corrected chi connectivity index (χ3v) is 4.47. The van der Waals surface area contributed by atoms with E-state index in [2.05, 4.69) is 6.08 Å². The Kier molecular flexibility index (Phi) is 2.95. The van der Waals surface area contributed by atoms with Crippen molar-refractivity contribution in [2.75, 3.05) is 0 Å². The van der Waals surface area contributed by atoms with Crippen molar-refractivity contribution >= 4 is 5.78 Å². The second-order valence-corrected chi connectivity index (χ2v) is 5.97. The highest BCUT2D eigenvalue weighted by Gasteiger charge is 2.39. The van der Waals surface area contributed by atoms with Crippen LogP contribution >= 0.6 is 0 Å². The zero-order chi connectivity index (χ0) is 11.9. The number of aliphatic hydroxyl groups is 1. The third-order valence-electron chi connectivity index (χ3n) is 4.47. The topological polar surface area (TPSA) is 37.3 Å². The third kappa shape index (κ3) is 2.08. The molecule has 1 saturated carbocycles. The van der Waals surface area contributed by atoms with Gasteiger partial charge in [0.1, 0.15) is 5.78 Å². The number of rotatable bonds is 1. The van der Waals surface area contributed by atoms with Crippen LogP contribution in [0, 0.1) is 17.8 Å². The monoisotopic (exact) mass is 222 g/mol. The Hall–Kier alpha value is -0.630. The lowest BCUT2D eigenvalue weighted by Gasteiger charge is -2.41. The van der Waals surface area contributed by atoms with Gasteiger partial charge in [-0.15, -0.1) is 0 Å². The van der Waals surface area contributed by atoms with Crippen molar-refractivity contribution in [3.63, 3.8) is 0 Å². The van der Waals surface area contributed by atoms with Crippen molar-refractivity contribution in [3.8, 4) is 0 Å². The molecule has 2 aliphatic carbocycles.